The Balaban J connectivity index is 2.42. The molecule has 22 heavy (non-hydrogen) atoms. The lowest BCUT2D eigenvalue weighted by Crippen LogP contribution is -2.44. The second kappa shape index (κ2) is 6.88. The van der Waals surface area contributed by atoms with Crippen LogP contribution in [0.1, 0.15) is 30.5 Å². The number of carbonyl (C=O) groups is 1. The van der Waals surface area contributed by atoms with Crippen molar-refractivity contribution in [3.05, 3.63) is 21.7 Å². The van der Waals surface area contributed by atoms with Gasteiger partial charge in [0.25, 0.3) is 0 Å². The molecule has 1 aliphatic heterocycles. The zero-order chi connectivity index (χ0) is 16.4. The Kier molecular flexibility index (Phi) is 5.35. The zero-order valence-corrected chi connectivity index (χ0v) is 14.9. The van der Waals surface area contributed by atoms with Crippen LogP contribution in [0.2, 0.25) is 5.02 Å². The summed E-state index contributed by atoms with van der Waals surface area (Å²) in [4.78, 5) is 16.7. The Morgan fingerprint density at radius 3 is 2.41 bits per heavy atom. The molecular formula is C17H25ClN2O2. The second-order valence-corrected chi connectivity index (χ2v) is 6.10. The summed E-state index contributed by atoms with van der Waals surface area (Å²) in [7, 11) is 0. The maximum absolute atomic E-state index is 12.7. The van der Waals surface area contributed by atoms with E-state index in [-0.39, 0.29) is 5.91 Å². The molecule has 1 aliphatic rings. The van der Waals surface area contributed by atoms with Crippen LogP contribution in [0.5, 0.6) is 5.75 Å². The van der Waals surface area contributed by atoms with Gasteiger partial charge in [-0.2, -0.15) is 0 Å². The average molecular weight is 325 g/mol. The van der Waals surface area contributed by atoms with Crippen molar-refractivity contribution in [3.63, 3.8) is 0 Å². The highest BCUT2D eigenvalue weighted by molar-refractivity contribution is 6.33. The van der Waals surface area contributed by atoms with Crippen molar-refractivity contribution in [2.75, 3.05) is 37.7 Å². The van der Waals surface area contributed by atoms with E-state index in [2.05, 4.69) is 18.7 Å². The molecule has 1 heterocycles. The third kappa shape index (κ3) is 2.95. The van der Waals surface area contributed by atoms with E-state index in [9.17, 15) is 4.79 Å². The van der Waals surface area contributed by atoms with Gasteiger partial charge in [0, 0.05) is 5.02 Å². The minimum absolute atomic E-state index is 0.107. The molecule has 1 amide bonds. The van der Waals surface area contributed by atoms with Gasteiger partial charge in [-0.3, -0.25) is 9.69 Å². The third-order valence-electron chi connectivity index (χ3n) is 4.52. The van der Waals surface area contributed by atoms with Crippen LogP contribution in [-0.4, -0.2) is 43.6 Å². The van der Waals surface area contributed by atoms with Gasteiger partial charge in [0.1, 0.15) is 12.4 Å². The predicted octanol–water partition coefficient (Wildman–Crippen LogP) is 3.33. The van der Waals surface area contributed by atoms with Crippen molar-refractivity contribution in [2.24, 2.45) is 0 Å². The molecular weight excluding hydrogens is 300 g/mol. The van der Waals surface area contributed by atoms with Gasteiger partial charge in [-0.05, 0) is 50.6 Å². The van der Waals surface area contributed by atoms with E-state index in [1.54, 1.807) is 0 Å². The minimum Gasteiger partial charge on any atom is -0.489 e. The maximum Gasteiger partial charge on any atom is 0.241 e. The van der Waals surface area contributed by atoms with E-state index in [0.717, 1.165) is 46.2 Å². The Labute approximate surface area is 138 Å². The number of anilines is 1. The van der Waals surface area contributed by atoms with Crippen molar-refractivity contribution in [2.45, 2.75) is 34.6 Å². The number of likely N-dealkylation sites (N-methyl/N-ethyl adjacent to an activating group) is 1. The summed E-state index contributed by atoms with van der Waals surface area (Å²) in [5.41, 5.74) is 3.81. The molecule has 0 spiro atoms. The molecule has 0 saturated heterocycles. The molecule has 0 aromatic heterocycles. The number of hydrogen-bond acceptors (Lipinski definition) is 3. The van der Waals surface area contributed by atoms with E-state index in [1.807, 2.05) is 25.7 Å². The van der Waals surface area contributed by atoms with Crippen molar-refractivity contribution in [3.8, 4) is 5.75 Å². The summed E-state index contributed by atoms with van der Waals surface area (Å²) in [6.45, 7) is 13.3. The first-order chi connectivity index (χ1) is 10.4. The van der Waals surface area contributed by atoms with Gasteiger partial charge in [0.05, 0.1) is 18.8 Å². The molecule has 122 valence electrons. The monoisotopic (exact) mass is 324 g/mol. The number of fused-ring (bicyclic) bond motifs is 1. The summed E-state index contributed by atoms with van der Waals surface area (Å²) in [6.07, 6.45) is 0. The molecule has 0 fully saturated rings. The molecule has 5 heteroatoms. The Bertz CT molecular complexity index is 583. The molecule has 4 nitrogen and oxygen atoms in total. The Morgan fingerprint density at radius 2 is 1.82 bits per heavy atom. The predicted molar refractivity (Wildman–Crippen MR) is 91.3 cm³/mol. The number of ether oxygens (including phenoxy) is 1. The first-order valence-corrected chi connectivity index (χ1v) is 8.24. The number of halogens is 1. The quantitative estimate of drug-likeness (QED) is 0.851. The van der Waals surface area contributed by atoms with Crippen molar-refractivity contribution in [1.29, 1.82) is 0 Å². The van der Waals surface area contributed by atoms with E-state index >= 15 is 0 Å². The molecule has 0 saturated carbocycles. The highest BCUT2D eigenvalue weighted by atomic mass is 35.5. The summed E-state index contributed by atoms with van der Waals surface area (Å²) in [5, 5.41) is 0.724. The molecule has 0 aliphatic carbocycles. The highest BCUT2D eigenvalue weighted by Gasteiger charge is 2.29. The fraction of sp³-hybridized carbons (Fsp3) is 0.588. The minimum atomic E-state index is 0.107. The van der Waals surface area contributed by atoms with Crippen LogP contribution in [0.4, 0.5) is 5.69 Å². The number of amides is 1. The van der Waals surface area contributed by atoms with Gasteiger partial charge in [-0.15, -0.1) is 0 Å². The SMILES string of the molecule is CCN(CC)CC(=O)N1CCOc2c(C)c(C)c(Cl)c(C)c21. The van der Waals surface area contributed by atoms with Crippen LogP contribution in [0.15, 0.2) is 0 Å². The standard InChI is InChI=1S/C17H25ClN2O2/c1-6-19(7-2)10-14(21)20-8-9-22-17-12(4)11(3)15(18)13(5)16(17)20/h6-10H2,1-5H3. The molecule has 1 aromatic carbocycles. The lowest BCUT2D eigenvalue weighted by Gasteiger charge is -2.34. The third-order valence-corrected chi connectivity index (χ3v) is 5.08. The van der Waals surface area contributed by atoms with Crippen LogP contribution < -0.4 is 9.64 Å². The van der Waals surface area contributed by atoms with E-state index < -0.39 is 0 Å². The second-order valence-electron chi connectivity index (χ2n) is 5.72. The number of carbonyl (C=O) groups excluding carboxylic acids is 1. The molecule has 0 radical (unpaired) electrons. The van der Waals surface area contributed by atoms with Gasteiger partial charge < -0.3 is 9.64 Å². The van der Waals surface area contributed by atoms with E-state index in [1.165, 1.54) is 0 Å². The van der Waals surface area contributed by atoms with E-state index in [4.69, 9.17) is 16.3 Å². The molecule has 2 rings (SSSR count). The smallest absolute Gasteiger partial charge is 0.241 e. The molecule has 1 aromatic rings. The molecule has 0 N–H and O–H groups in total. The van der Waals surface area contributed by atoms with Gasteiger partial charge in [0.15, 0.2) is 0 Å². The zero-order valence-electron chi connectivity index (χ0n) is 14.1. The average Bonchev–Trinajstić information content (AvgIpc) is 2.54. The summed E-state index contributed by atoms with van der Waals surface area (Å²) in [5.74, 6) is 0.911. The maximum atomic E-state index is 12.7. The molecule has 0 bridgehead atoms. The first kappa shape index (κ1) is 17.1. The van der Waals surface area contributed by atoms with Crippen molar-refractivity contribution < 1.29 is 9.53 Å². The van der Waals surface area contributed by atoms with Crippen molar-refractivity contribution >= 4 is 23.2 Å². The normalized spacial score (nSPS) is 14.0. The summed E-state index contributed by atoms with van der Waals surface area (Å²) in [6, 6.07) is 0. The fourth-order valence-electron chi connectivity index (χ4n) is 2.89. The lowest BCUT2D eigenvalue weighted by atomic mass is 10.0. The summed E-state index contributed by atoms with van der Waals surface area (Å²) < 4.78 is 5.84. The highest BCUT2D eigenvalue weighted by Crippen LogP contribution is 2.43. The molecule has 0 atom stereocenters. The van der Waals surface area contributed by atoms with Crippen LogP contribution in [0, 0.1) is 20.8 Å². The summed E-state index contributed by atoms with van der Waals surface area (Å²) >= 11 is 6.45. The topological polar surface area (TPSA) is 32.8 Å². The van der Waals surface area contributed by atoms with Crippen LogP contribution >= 0.6 is 11.6 Å². The number of rotatable bonds is 4. The van der Waals surface area contributed by atoms with Crippen molar-refractivity contribution in [1.82, 2.24) is 4.90 Å². The molecule has 0 unspecified atom stereocenters. The lowest BCUT2D eigenvalue weighted by molar-refractivity contribution is -0.119. The fourth-order valence-corrected chi connectivity index (χ4v) is 3.12. The van der Waals surface area contributed by atoms with Crippen LogP contribution in [0.25, 0.3) is 0 Å². The van der Waals surface area contributed by atoms with Gasteiger partial charge in [-0.25, -0.2) is 0 Å². The van der Waals surface area contributed by atoms with Crippen LogP contribution in [0.3, 0.4) is 0 Å². The number of nitrogens with zero attached hydrogens (tertiary/aromatic N) is 2. The van der Waals surface area contributed by atoms with E-state index in [0.29, 0.717) is 19.7 Å². The van der Waals surface area contributed by atoms with Gasteiger partial charge in [0.2, 0.25) is 5.91 Å². The van der Waals surface area contributed by atoms with Crippen LogP contribution in [-0.2, 0) is 4.79 Å². The largest absolute Gasteiger partial charge is 0.489 e. The van der Waals surface area contributed by atoms with Gasteiger partial charge in [-0.1, -0.05) is 25.4 Å². The van der Waals surface area contributed by atoms with Gasteiger partial charge >= 0.3 is 0 Å². The number of benzene rings is 1. The Hall–Kier alpha value is -1.26. The Morgan fingerprint density at radius 1 is 1.18 bits per heavy atom. The number of hydrogen-bond donors (Lipinski definition) is 0. The first-order valence-electron chi connectivity index (χ1n) is 7.87.